The van der Waals surface area contributed by atoms with Crippen LogP contribution in [0.2, 0.25) is 0 Å². The Bertz CT molecular complexity index is 2100. The van der Waals surface area contributed by atoms with Crippen molar-refractivity contribution in [2.45, 2.75) is 68.8 Å². The Morgan fingerprint density at radius 1 is 0.782 bits per heavy atom. The fourth-order valence-electron chi connectivity index (χ4n) is 5.50. The second-order valence-electron chi connectivity index (χ2n) is 11.9. The molecule has 2 aromatic rings. The molecular formula is C32H37I2N7O12S2. The number of terminal acetylenes is 1. The number of sulfone groups is 2. The number of carbonyl (C=O) groups excluding carboxylic acids is 4. The summed E-state index contributed by atoms with van der Waals surface area (Å²) in [4.78, 5) is 69.9. The summed E-state index contributed by atoms with van der Waals surface area (Å²) in [5.74, 6) is -1.47. The van der Waals surface area contributed by atoms with Crippen LogP contribution in [0.3, 0.4) is 0 Å². The predicted molar refractivity (Wildman–Crippen MR) is 216 cm³/mol. The zero-order valence-electron chi connectivity index (χ0n) is 29.9. The smallest absolute Gasteiger partial charge is 0.305 e. The minimum atomic E-state index is -4.11. The standard InChI is InChI=1S/C17H19IN2O6S.C15H18IN5O6S/c1-4-5-14(19-16(22)9-18)15(21)8-13-6-11(2)17(12(3)7-13)27(25,26)10-20(23)24;1-9-3-11(4-10(2)15(9)28(26,27)8-21(24)25)5-13(22)12(7-18-20-17)19-14(23)6-16/h1,6-7,14H,5,8-10H2,2-3H3,(H,19,22);3-4,12H,5-8H2,1-2H3,(H,19,23). The van der Waals surface area contributed by atoms with E-state index in [2.05, 4.69) is 26.6 Å². The number of benzene rings is 2. The number of hydrogen-bond donors (Lipinski definition) is 2. The van der Waals surface area contributed by atoms with E-state index in [-0.39, 0.29) is 73.2 Å². The third kappa shape index (κ3) is 15.8. The van der Waals surface area contributed by atoms with E-state index < -0.39 is 59.1 Å². The average molecular weight is 1030 g/mol. The van der Waals surface area contributed by atoms with Crippen LogP contribution in [0.15, 0.2) is 39.2 Å². The number of carbonyl (C=O) groups is 4. The van der Waals surface area contributed by atoms with Crippen LogP contribution in [0.25, 0.3) is 10.4 Å². The van der Waals surface area contributed by atoms with Crippen LogP contribution < -0.4 is 10.6 Å². The van der Waals surface area contributed by atoms with E-state index in [1.807, 2.05) is 45.2 Å². The van der Waals surface area contributed by atoms with Gasteiger partial charge in [-0.05, 0) is 66.6 Å². The molecule has 2 N–H and O–H groups in total. The molecule has 55 heavy (non-hydrogen) atoms. The third-order valence-electron chi connectivity index (χ3n) is 7.31. The van der Waals surface area contributed by atoms with Gasteiger partial charge in [-0.25, -0.2) is 16.8 Å². The summed E-state index contributed by atoms with van der Waals surface area (Å²) < 4.78 is 49.1. The monoisotopic (exact) mass is 1030 g/mol. The number of halogens is 2. The lowest BCUT2D eigenvalue weighted by molar-refractivity contribution is -0.458. The number of hydrogen-bond acceptors (Lipinski definition) is 13. The van der Waals surface area contributed by atoms with Gasteiger partial charge >= 0.3 is 11.8 Å². The highest BCUT2D eigenvalue weighted by atomic mass is 127. The van der Waals surface area contributed by atoms with Gasteiger partial charge < -0.3 is 10.6 Å². The molecule has 0 aliphatic heterocycles. The molecule has 0 aliphatic rings. The maximum Gasteiger partial charge on any atom is 0.305 e. The molecule has 0 saturated carbocycles. The van der Waals surface area contributed by atoms with E-state index >= 15 is 0 Å². The van der Waals surface area contributed by atoms with Gasteiger partial charge in [0.05, 0.1) is 37.3 Å². The van der Waals surface area contributed by atoms with Crippen LogP contribution in [0.1, 0.15) is 39.8 Å². The number of nitrogens with zero attached hydrogens (tertiary/aromatic N) is 5. The Morgan fingerprint density at radius 2 is 1.13 bits per heavy atom. The fraction of sp³-hybridized carbons (Fsp3) is 0.438. The van der Waals surface area contributed by atoms with Crippen LogP contribution in [0, 0.1) is 60.3 Å². The van der Waals surface area contributed by atoms with Gasteiger partial charge in [-0.15, -0.1) is 12.3 Å². The number of Topliss-reactive ketones (excluding diaryl/α,β-unsaturated/α-hetero) is 2. The zero-order chi connectivity index (χ0) is 42.3. The maximum absolute atomic E-state index is 12.5. The summed E-state index contributed by atoms with van der Waals surface area (Å²) in [7, 11) is -8.19. The number of rotatable bonds is 19. The number of ketones is 2. The molecule has 0 spiro atoms. The number of aryl methyl sites for hydroxylation is 4. The highest BCUT2D eigenvalue weighted by molar-refractivity contribution is 14.1. The van der Waals surface area contributed by atoms with Crippen molar-refractivity contribution in [3.05, 3.63) is 88.3 Å². The van der Waals surface area contributed by atoms with Gasteiger partial charge in [0.25, 0.3) is 0 Å². The number of amides is 2. The van der Waals surface area contributed by atoms with E-state index in [9.17, 15) is 56.2 Å². The van der Waals surface area contributed by atoms with Crippen molar-refractivity contribution in [2.75, 3.05) is 27.2 Å². The van der Waals surface area contributed by atoms with E-state index in [0.717, 1.165) is 0 Å². The van der Waals surface area contributed by atoms with E-state index in [4.69, 9.17) is 12.0 Å². The fourth-order valence-corrected chi connectivity index (χ4v) is 8.95. The molecule has 2 amide bonds. The Kier molecular flexibility index (Phi) is 19.8. The molecule has 0 saturated heterocycles. The predicted octanol–water partition coefficient (Wildman–Crippen LogP) is 3.02. The van der Waals surface area contributed by atoms with Crippen molar-refractivity contribution in [1.29, 1.82) is 0 Å². The van der Waals surface area contributed by atoms with Crippen LogP contribution in [-0.4, -0.2) is 89.3 Å². The molecule has 2 rings (SSSR count). The lowest BCUT2D eigenvalue weighted by Gasteiger charge is -2.16. The van der Waals surface area contributed by atoms with Crippen molar-refractivity contribution in [3.8, 4) is 12.3 Å². The van der Waals surface area contributed by atoms with Crippen LogP contribution in [0.5, 0.6) is 0 Å². The average Bonchev–Trinajstić information content (AvgIpc) is 3.04. The third-order valence-corrected chi connectivity index (χ3v) is 12.3. The summed E-state index contributed by atoms with van der Waals surface area (Å²) in [6.07, 6.45) is 5.12. The topological polar surface area (TPSA) is 296 Å². The Balaban J connectivity index is 0.000000550. The molecule has 23 heteroatoms. The molecule has 2 unspecified atom stereocenters. The molecule has 19 nitrogen and oxygen atoms in total. The van der Waals surface area contributed by atoms with Gasteiger partial charge in [-0.2, -0.15) is 0 Å². The van der Waals surface area contributed by atoms with Crippen molar-refractivity contribution in [3.63, 3.8) is 0 Å². The van der Waals surface area contributed by atoms with Gasteiger partial charge in [0.15, 0.2) is 11.6 Å². The Labute approximate surface area is 344 Å². The minimum Gasteiger partial charge on any atom is -0.345 e. The van der Waals surface area contributed by atoms with Crippen molar-refractivity contribution in [1.82, 2.24) is 10.6 Å². The SMILES string of the molecule is C#CCC(NC(=O)CI)C(=O)Cc1cc(C)c(S(=O)(=O)C[N+](=O)[O-])c(C)c1.Cc1cc(CC(=O)C(CN=[N+]=[N-])NC(=O)CI)cc(C)c1S(=O)(=O)C[N+](=O)[O-]. The van der Waals surface area contributed by atoms with Gasteiger partial charge in [-0.1, -0.05) is 74.6 Å². The van der Waals surface area contributed by atoms with Gasteiger partial charge in [0, 0.05) is 34.0 Å². The number of nitro groups is 2. The van der Waals surface area contributed by atoms with E-state index in [1.54, 1.807) is 0 Å². The largest absolute Gasteiger partial charge is 0.345 e. The normalized spacial score (nSPS) is 12.0. The number of nitrogens with one attached hydrogen (secondary N) is 2. The van der Waals surface area contributed by atoms with Crippen molar-refractivity contribution >= 4 is 88.2 Å². The van der Waals surface area contributed by atoms with Gasteiger partial charge in [0.1, 0.15) is 0 Å². The second kappa shape index (κ2) is 22.3. The molecule has 0 fully saturated rings. The first kappa shape index (κ1) is 48.8. The number of azide groups is 1. The molecule has 298 valence electrons. The van der Waals surface area contributed by atoms with Crippen molar-refractivity contribution < 1.29 is 45.9 Å². The molecule has 0 heterocycles. The maximum atomic E-state index is 12.5. The quantitative estimate of drug-likeness (QED) is 0.0300. The van der Waals surface area contributed by atoms with Gasteiger partial charge in [-0.3, -0.25) is 39.4 Å². The molecule has 2 atom stereocenters. The summed E-state index contributed by atoms with van der Waals surface area (Å²) in [5, 5.41) is 29.6. The van der Waals surface area contributed by atoms with Crippen LogP contribution in [0.4, 0.5) is 0 Å². The first-order chi connectivity index (χ1) is 25.5. The summed E-state index contributed by atoms with van der Waals surface area (Å²) >= 11 is 3.70. The first-order valence-corrected chi connectivity index (χ1v) is 22.0. The summed E-state index contributed by atoms with van der Waals surface area (Å²) in [5.41, 5.74) is 10.7. The van der Waals surface area contributed by atoms with E-state index in [1.165, 1.54) is 52.0 Å². The zero-order valence-corrected chi connectivity index (χ0v) is 35.9. The Morgan fingerprint density at radius 3 is 1.44 bits per heavy atom. The molecular weight excluding hydrogens is 992 g/mol. The minimum absolute atomic E-state index is 0.0501. The first-order valence-electron chi connectivity index (χ1n) is 15.6. The second-order valence-corrected chi connectivity index (χ2v) is 17.2. The van der Waals surface area contributed by atoms with Crippen LogP contribution >= 0.6 is 45.2 Å². The molecule has 2 aromatic carbocycles. The molecule has 0 aromatic heterocycles. The Hall–Kier alpha value is -4.25. The molecule has 0 bridgehead atoms. The molecule has 0 aliphatic carbocycles. The summed E-state index contributed by atoms with van der Waals surface area (Å²) in [6.45, 7) is 5.77. The van der Waals surface area contributed by atoms with Gasteiger partial charge in [0.2, 0.25) is 31.5 Å². The molecule has 0 radical (unpaired) electrons. The van der Waals surface area contributed by atoms with Crippen LogP contribution in [-0.2, 0) is 51.7 Å². The summed E-state index contributed by atoms with van der Waals surface area (Å²) in [6, 6.07) is 4.10. The van der Waals surface area contributed by atoms with E-state index in [0.29, 0.717) is 22.3 Å². The lowest BCUT2D eigenvalue weighted by atomic mass is 9.98. The highest BCUT2D eigenvalue weighted by Crippen LogP contribution is 2.25. The lowest BCUT2D eigenvalue weighted by Crippen LogP contribution is -2.44. The highest BCUT2D eigenvalue weighted by Gasteiger charge is 2.28. The number of alkyl halides is 2. The van der Waals surface area contributed by atoms with Crippen molar-refractivity contribution in [2.24, 2.45) is 5.11 Å².